The van der Waals surface area contributed by atoms with Crippen LogP contribution in [0.15, 0.2) is 48.5 Å². The lowest BCUT2D eigenvalue weighted by atomic mass is 10.1. The molecule has 0 fully saturated rings. The van der Waals surface area contributed by atoms with Crippen molar-refractivity contribution in [1.82, 2.24) is 0 Å². The molecule has 0 radical (unpaired) electrons. The Bertz CT molecular complexity index is 777. The van der Waals surface area contributed by atoms with E-state index in [1.54, 1.807) is 55.7 Å². The fourth-order valence-electron chi connectivity index (χ4n) is 2.07. The zero-order valence-electron chi connectivity index (χ0n) is 13.9. The summed E-state index contributed by atoms with van der Waals surface area (Å²) in [6.45, 7) is -0.457. The Morgan fingerprint density at radius 1 is 1.00 bits per heavy atom. The van der Waals surface area contributed by atoms with Gasteiger partial charge in [0, 0.05) is 5.56 Å². The molecule has 0 saturated carbocycles. The number of aliphatic carboxylic acids is 1. The first-order valence-corrected chi connectivity index (χ1v) is 7.42. The second-order valence-electron chi connectivity index (χ2n) is 5.02. The van der Waals surface area contributed by atoms with Gasteiger partial charge in [0.05, 0.1) is 14.2 Å². The molecular formula is C19H18O6. The molecule has 2 rings (SSSR count). The van der Waals surface area contributed by atoms with Crippen LogP contribution in [0.3, 0.4) is 0 Å². The highest BCUT2D eigenvalue weighted by atomic mass is 16.5. The molecule has 0 aliphatic heterocycles. The molecule has 0 bridgehead atoms. The van der Waals surface area contributed by atoms with Crippen LogP contribution in [0.4, 0.5) is 0 Å². The van der Waals surface area contributed by atoms with E-state index in [2.05, 4.69) is 0 Å². The van der Waals surface area contributed by atoms with Crippen molar-refractivity contribution < 1.29 is 28.9 Å². The van der Waals surface area contributed by atoms with Crippen LogP contribution < -0.4 is 14.2 Å². The Morgan fingerprint density at radius 3 is 2.32 bits per heavy atom. The molecule has 130 valence electrons. The number of allylic oxidation sites excluding steroid dienone is 1. The number of hydrogen-bond donors (Lipinski definition) is 1. The fraction of sp³-hybridized carbons (Fsp3) is 0.158. The largest absolute Gasteiger partial charge is 0.497 e. The predicted molar refractivity (Wildman–Crippen MR) is 92.5 cm³/mol. The lowest BCUT2D eigenvalue weighted by Gasteiger charge is -2.09. The summed E-state index contributed by atoms with van der Waals surface area (Å²) in [7, 11) is 3.02. The molecule has 0 spiro atoms. The van der Waals surface area contributed by atoms with Gasteiger partial charge in [0.15, 0.2) is 23.9 Å². The number of methoxy groups -OCH3 is 2. The van der Waals surface area contributed by atoms with Gasteiger partial charge in [-0.2, -0.15) is 0 Å². The van der Waals surface area contributed by atoms with Gasteiger partial charge in [-0.05, 0) is 48.0 Å². The molecule has 0 aliphatic rings. The lowest BCUT2D eigenvalue weighted by molar-refractivity contribution is -0.139. The molecular weight excluding hydrogens is 324 g/mol. The van der Waals surface area contributed by atoms with E-state index in [9.17, 15) is 9.59 Å². The molecule has 0 saturated heterocycles. The number of benzene rings is 2. The monoisotopic (exact) mass is 342 g/mol. The van der Waals surface area contributed by atoms with Crippen LogP contribution in [-0.2, 0) is 4.79 Å². The Balaban J connectivity index is 2.11. The SMILES string of the molecule is COc1ccc(C(=O)/C=C/c2ccc(OCC(=O)O)c(OC)c2)cc1. The van der Waals surface area contributed by atoms with Crippen LogP contribution >= 0.6 is 0 Å². The molecule has 0 heterocycles. The third-order valence-electron chi connectivity index (χ3n) is 3.34. The number of carbonyl (C=O) groups excluding carboxylic acids is 1. The first kappa shape index (κ1) is 18.1. The molecule has 0 aromatic heterocycles. The van der Waals surface area contributed by atoms with Gasteiger partial charge in [0.1, 0.15) is 5.75 Å². The van der Waals surface area contributed by atoms with Crippen LogP contribution in [-0.4, -0.2) is 37.7 Å². The topological polar surface area (TPSA) is 82.1 Å². The second kappa shape index (κ2) is 8.54. The van der Waals surface area contributed by atoms with Gasteiger partial charge in [0.2, 0.25) is 0 Å². The quantitative estimate of drug-likeness (QED) is 0.586. The summed E-state index contributed by atoms with van der Waals surface area (Å²) in [5.41, 5.74) is 1.27. The van der Waals surface area contributed by atoms with E-state index in [1.165, 1.54) is 13.2 Å². The minimum atomic E-state index is -1.07. The van der Waals surface area contributed by atoms with Crippen LogP contribution in [0, 0.1) is 0 Å². The Morgan fingerprint density at radius 2 is 1.72 bits per heavy atom. The minimum absolute atomic E-state index is 0.146. The number of ketones is 1. The zero-order chi connectivity index (χ0) is 18.2. The Kier molecular flexibility index (Phi) is 6.17. The zero-order valence-corrected chi connectivity index (χ0v) is 13.9. The highest BCUT2D eigenvalue weighted by Crippen LogP contribution is 2.28. The maximum Gasteiger partial charge on any atom is 0.341 e. The molecule has 0 amide bonds. The maximum absolute atomic E-state index is 12.2. The number of carbonyl (C=O) groups is 2. The third kappa shape index (κ3) is 5.10. The number of ether oxygens (including phenoxy) is 3. The van der Waals surface area contributed by atoms with E-state index in [0.29, 0.717) is 22.8 Å². The van der Waals surface area contributed by atoms with Crippen molar-refractivity contribution >= 4 is 17.8 Å². The maximum atomic E-state index is 12.2. The highest BCUT2D eigenvalue weighted by Gasteiger charge is 2.07. The van der Waals surface area contributed by atoms with Gasteiger partial charge in [-0.15, -0.1) is 0 Å². The fourth-order valence-corrected chi connectivity index (χ4v) is 2.07. The van der Waals surface area contributed by atoms with Crippen LogP contribution in [0.5, 0.6) is 17.2 Å². The molecule has 0 unspecified atom stereocenters. The van der Waals surface area contributed by atoms with Gasteiger partial charge in [-0.1, -0.05) is 12.1 Å². The average Bonchev–Trinajstić information content (AvgIpc) is 2.64. The number of rotatable bonds is 8. The van der Waals surface area contributed by atoms with Gasteiger partial charge in [-0.25, -0.2) is 4.79 Å². The normalized spacial score (nSPS) is 10.5. The smallest absolute Gasteiger partial charge is 0.341 e. The molecule has 6 nitrogen and oxygen atoms in total. The summed E-state index contributed by atoms with van der Waals surface area (Å²) in [6.07, 6.45) is 3.10. The van der Waals surface area contributed by atoms with Crippen molar-refractivity contribution in [1.29, 1.82) is 0 Å². The van der Waals surface area contributed by atoms with Gasteiger partial charge >= 0.3 is 5.97 Å². The molecule has 2 aromatic rings. The highest BCUT2D eigenvalue weighted by molar-refractivity contribution is 6.06. The van der Waals surface area contributed by atoms with Gasteiger partial charge in [0.25, 0.3) is 0 Å². The molecule has 0 atom stereocenters. The Hall–Kier alpha value is -3.28. The molecule has 1 N–H and O–H groups in total. The van der Waals surface area contributed by atoms with Crippen LogP contribution in [0.2, 0.25) is 0 Å². The summed E-state index contributed by atoms with van der Waals surface area (Å²) in [5.74, 6) is 0.176. The first-order valence-electron chi connectivity index (χ1n) is 7.42. The predicted octanol–water partition coefficient (Wildman–Crippen LogP) is 3.06. The van der Waals surface area contributed by atoms with E-state index in [-0.39, 0.29) is 5.78 Å². The van der Waals surface area contributed by atoms with Crippen LogP contribution in [0.1, 0.15) is 15.9 Å². The lowest BCUT2D eigenvalue weighted by Crippen LogP contribution is -2.10. The summed E-state index contributed by atoms with van der Waals surface area (Å²) in [4.78, 5) is 22.7. The van der Waals surface area contributed by atoms with E-state index in [4.69, 9.17) is 19.3 Å². The molecule has 0 aliphatic carbocycles. The molecule has 2 aromatic carbocycles. The van der Waals surface area contributed by atoms with Crippen molar-refractivity contribution in [2.24, 2.45) is 0 Å². The summed E-state index contributed by atoms with van der Waals surface area (Å²) in [5, 5.41) is 8.66. The number of hydrogen-bond acceptors (Lipinski definition) is 5. The van der Waals surface area contributed by atoms with Gasteiger partial charge < -0.3 is 19.3 Å². The second-order valence-corrected chi connectivity index (χ2v) is 5.02. The number of carboxylic acids is 1. The minimum Gasteiger partial charge on any atom is -0.497 e. The van der Waals surface area contributed by atoms with E-state index >= 15 is 0 Å². The summed E-state index contributed by atoms with van der Waals surface area (Å²) >= 11 is 0. The van der Waals surface area contributed by atoms with Crippen molar-refractivity contribution in [2.75, 3.05) is 20.8 Å². The standard InChI is InChI=1S/C19H18O6/c1-23-15-7-5-14(6-8-15)16(20)9-3-13-4-10-17(18(11-13)24-2)25-12-19(21)22/h3-11H,12H2,1-2H3,(H,21,22)/b9-3+. The Labute approximate surface area is 145 Å². The van der Waals surface area contributed by atoms with Crippen LogP contribution in [0.25, 0.3) is 6.08 Å². The molecule has 25 heavy (non-hydrogen) atoms. The first-order chi connectivity index (χ1) is 12.0. The third-order valence-corrected chi connectivity index (χ3v) is 3.34. The number of carboxylic acid groups (broad SMARTS) is 1. The van der Waals surface area contributed by atoms with E-state index in [1.807, 2.05) is 0 Å². The van der Waals surface area contributed by atoms with E-state index < -0.39 is 12.6 Å². The van der Waals surface area contributed by atoms with Crippen molar-refractivity contribution in [3.8, 4) is 17.2 Å². The summed E-state index contributed by atoms with van der Waals surface area (Å²) in [6, 6.07) is 11.8. The summed E-state index contributed by atoms with van der Waals surface area (Å²) < 4.78 is 15.4. The average molecular weight is 342 g/mol. The molecule has 6 heteroatoms. The van der Waals surface area contributed by atoms with Gasteiger partial charge in [-0.3, -0.25) is 4.79 Å². The van der Waals surface area contributed by atoms with E-state index in [0.717, 1.165) is 5.56 Å². The van der Waals surface area contributed by atoms with Crippen molar-refractivity contribution in [3.05, 3.63) is 59.7 Å². The van der Waals surface area contributed by atoms with Crippen molar-refractivity contribution in [2.45, 2.75) is 0 Å². The van der Waals surface area contributed by atoms with Crippen molar-refractivity contribution in [3.63, 3.8) is 0 Å².